The van der Waals surface area contributed by atoms with Crippen molar-refractivity contribution in [1.29, 1.82) is 0 Å². The predicted molar refractivity (Wildman–Crippen MR) is 90.0 cm³/mol. The van der Waals surface area contributed by atoms with E-state index in [1.165, 1.54) is 0 Å². The van der Waals surface area contributed by atoms with Crippen molar-refractivity contribution in [2.24, 2.45) is 0 Å². The summed E-state index contributed by atoms with van der Waals surface area (Å²) in [4.78, 5) is 10.8. The summed E-state index contributed by atoms with van der Waals surface area (Å²) in [6, 6.07) is 19.9. The highest BCUT2D eigenvalue weighted by Gasteiger charge is 2.24. The van der Waals surface area contributed by atoms with Gasteiger partial charge in [-0.25, -0.2) is 0 Å². The fourth-order valence-electron chi connectivity index (χ4n) is 2.96. The lowest BCUT2D eigenvalue weighted by Crippen LogP contribution is -2.03. The maximum absolute atomic E-state index is 10.8. The zero-order chi connectivity index (χ0) is 16.8. The van der Waals surface area contributed by atoms with E-state index in [9.17, 15) is 4.79 Å². The Morgan fingerprint density at radius 3 is 1.83 bits per heavy atom. The van der Waals surface area contributed by atoms with Gasteiger partial charge in [0, 0.05) is 12.8 Å². The third kappa shape index (κ3) is 4.43. The fraction of sp³-hybridized carbons (Fsp3) is 0.350. The molecule has 0 amide bonds. The fourth-order valence-corrected chi connectivity index (χ4v) is 2.96. The Balaban J connectivity index is 0.000000141. The number of carbonyl (C=O) groups excluding carboxylic acids is 1. The Morgan fingerprint density at radius 2 is 1.38 bits per heavy atom. The lowest BCUT2D eigenvalue weighted by atomic mass is 10.1. The molecule has 2 fully saturated rings. The van der Waals surface area contributed by atoms with E-state index in [0.29, 0.717) is 6.42 Å². The summed E-state index contributed by atoms with van der Waals surface area (Å²) in [7, 11) is 0. The first-order valence-corrected chi connectivity index (χ1v) is 8.35. The molecule has 4 rings (SSSR count). The molecule has 2 aliphatic heterocycles. The van der Waals surface area contributed by atoms with E-state index < -0.39 is 6.29 Å². The van der Waals surface area contributed by atoms with Gasteiger partial charge >= 0.3 is 5.97 Å². The van der Waals surface area contributed by atoms with Gasteiger partial charge in [0.1, 0.15) is 6.10 Å². The molecule has 2 aromatic carbocycles. The van der Waals surface area contributed by atoms with E-state index in [1.807, 2.05) is 60.7 Å². The van der Waals surface area contributed by atoms with Crippen molar-refractivity contribution in [3.05, 3.63) is 71.8 Å². The minimum Gasteiger partial charge on any atom is -0.457 e. The Morgan fingerprint density at radius 1 is 0.792 bits per heavy atom. The van der Waals surface area contributed by atoms with Crippen LogP contribution in [-0.2, 0) is 14.3 Å². The number of aliphatic hydroxyl groups excluding tert-OH is 1. The molecular formula is C20H22O4. The summed E-state index contributed by atoms with van der Waals surface area (Å²) in [6.07, 6.45) is 2.59. The molecule has 0 spiro atoms. The summed E-state index contributed by atoms with van der Waals surface area (Å²) in [6.45, 7) is 0. The van der Waals surface area contributed by atoms with Crippen LogP contribution in [0.5, 0.6) is 0 Å². The number of hydrogen-bond donors (Lipinski definition) is 1. The molecule has 1 N–H and O–H groups in total. The number of hydrogen-bond acceptors (Lipinski definition) is 4. The molecule has 3 atom stereocenters. The Bertz CT molecular complexity index is 641. The van der Waals surface area contributed by atoms with E-state index >= 15 is 0 Å². The smallest absolute Gasteiger partial charge is 0.306 e. The Kier molecular flexibility index (Phi) is 5.62. The highest BCUT2D eigenvalue weighted by molar-refractivity contribution is 5.71. The molecule has 4 heteroatoms. The topological polar surface area (TPSA) is 55.8 Å². The molecule has 3 unspecified atom stereocenters. The summed E-state index contributed by atoms with van der Waals surface area (Å²) in [5, 5.41) is 9.14. The van der Waals surface area contributed by atoms with Crippen LogP contribution >= 0.6 is 0 Å². The highest BCUT2D eigenvalue weighted by atomic mass is 16.6. The van der Waals surface area contributed by atoms with Crippen LogP contribution in [0.25, 0.3) is 0 Å². The summed E-state index contributed by atoms with van der Waals surface area (Å²) >= 11 is 0. The lowest BCUT2D eigenvalue weighted by molar-refractivity contribution is -0.141. The normalized spacial score (nSPS) is 25.7. The van der Waals surface area contributed by atoms with Gasteiger partial charge in [-0.15, -0.1) is 0 Å². The molecule has 4 nitrogen and oxygen atoms in total. The summed E-state index contributed by atoms with van der Waals surface area (Å²) in [5.41, 5.74) is 2.26. The largest absolute Gasteiger partial charge is 0.457 e. The average molecular weight is 326 g/mol. The maximum Gasteiger partial charge on any atom is 0.306 e. The molecule has 0 aromatic heterocycles. The van der Waals surface area contributed by atoms with Gasteiger partial charge in [-0.1, -0.05) is 60.7 Å². The van der Waals surface area contributed by atoms with Gasteiger partial charge in [0.15, 0.2) is 6.29 Å². The molecule has 0 saturated carbocycles. The second-order valence-electron chi connectivity index (χ2n) is 6.00. The van der Waals surface area contributed by atoms with Crippen molar-refractivity contribution >= 4 is 5.97 Å². The molecular weight excluding hydrogens is 304 g/mol. The standard InChI is InChI=1S/C10H12O2.C10H10O2/c2*11-10-7-6-9(12-10)8-4-2-1-3-5-8/h1-5,9-11H,6-7H2;1-5,9H,6-7H2. The van der Waals surface area contributed by atoms with Crippen LogP contribution in [0, 0.1) is 0 Å². The van der Waals surface area contributed by atoms with Crippen LogP contribution in [0.1, 0.15) is 49.0 Å². The van der Waals surface area contributed by atoms with Crippen LogP contribution in [0.4, 0.5) is 0 Å². The van der Waals surface area contributed by atoms with Crippen LogP contribution in [0.2, 0.25) is 0 Å². The van der Waals surface area contributed by atoms with Crippen LogP contribution in [-0.4, -0.2) is 17.4 Å². The number of rotatable bonds is 2. The number of esters is 1. The van der Waals surface area contributed by atoms with E-state index in [4.69, 9.17) is 14.6 Å². The molecule has 2 aromatic rings. The third-order valence-corrected chi connectivity index (χ3v) is 4.22. The quantitative estimate of drug-likeness (QED) is 0.850. The zero-order valence-corrected chi connectivity index (χ0v) is 13.5. The monoisotopic (exact) mass is 326 g/mol. The maximum atomic E-state index is 10.8. The number of benzene rings is 2. The van der Waals surface area contributed by atoms with Gasteiger partial charge < -0.3 is 14.6 Å². The third-order valence-electron chi connectivity index (χ3n) is 4.22. The molecule has 24 heavy (non-hydrogen) atoms. The van der Waals surface area contributed by atoms with Crippen molar-refractivity contribution in [3.8, 4) is 0 Å². The second-order valence-corrected chi connectivity index (χ2v) is 6.00. The lowest BCUT2D eigenvalue weighted by Gasteiger charge is -2.09. The van der Waals surface area contributed by atoms with E-state index in [-0.39, 0.29) is 18.2 Å². The Labute approximate surface area is 142 Å². The summed E-state index contributed by atoms with van der Waals surface area (Å²) in [5.74, 6) is -0.0798. The second kappa shape index (κ2) is 8.08. The van der Waals surface area contributed by atoms with Gasteiger partial charge in [0.05, 0.1) is 6.10 Å². The van der Waals surface area contributed by atoms with Gasteiger partial charge in [0.25, 0.3) is 0 Å². The van der Waals surface area contributed by atoms with Crippen molar-refractivity contribution in [2.45, 2.75) is 44.2 Å². The average Bonchev–Trinajstić information content (AvgIpc) is 3.26. The first kappa shape index (κ1) is 16.7. The minimum absolute atomic E-state index is 0.00120. The molecule has 2 saturated heterocycles. The first-order valence-electron chi connectivity index (χ1n) is 8.35. The number of aliphatic hydroxyl groups is 1. The van der Waals surface area contributed by atoms with Crippen molar-refractivity contribution < 1.29 is 19.4 Å². The van der Waals surface area contributed by atoms with Crippen LogP contribution in [0.15, 0.2) is 60.7 Å². The van der Waals surface area contributed by atoms with Gasteiger partial charge in [-0.05, 0) is 24.0 Å². The van der Waals surface area contributed by atoms with Crippen LogP contribution < -0.4 is 0 Å². The first-order chi connectivity index (χ1) is 11.7. The molecule has 126 valence electrons. The van der Waals surface area contributed by atoms with Crippen molar-refractivity contribution in [1.82, 2.24) is 0 Å². The molecule has 0 bridgehead atoms. The van der Waals surface area contributed by atoms with Gasteiger partial charge in [0.2, 0.25) is 0 Å². The molecule has 0 aliphatic carbocycles. The summed E-state index contributed by atoms with van der Waals surface area (Å²) < 4.78 is 10.4. The van der Waals surface area contributed by atoms with Gasteiger partial charge in [-0.3, -0.25) is 4.79 Å². The predicted octanol–water partition coefficient (Wildman–Crippen LogP) is 3.92. The number of ether oxygens (including phenoxy) is 2. The molecule has 2 heterocycles. The molecule has 0 radical (unpaired) electrons. The van der Waals surface area contributed by atoms with Crippen molar-refractivity contribution in [2.75, 3.05) is 0 Å². The zero-order valence-electron chi connectivity index (χ0n) is 13.5. The van der Waals surface area contributed by atoms with E-state index in [0.717, 1.165) is 30.4 Å². The van der Waals surface area contributed by atoms with E-state index in [1.54, 1.807) is 0 Å². The van der Waals surface area contributed by atoms with Crippen molar-refractivity contribution in [3.63, 3.8) is 0 Å². The number of carbonyl (C=O) groups is 1. The van der Waals surface area contributed by atoms with Gasteiger partial charge in [-0.2, -0.15) is 0 Å². The minimum atomic E-state index is -0.560. The number of cyclic esters (lactones) is 1. The van der Waals surface area contributed by atoms with Crippen LogP contribution in [0.3, 0.4) is 0 Å². The van der Waals surface area contributed by atoms with E-state index in [2.05, 4.69) is 0 Å². The Hall–Kier alpha value is -2.17. The SMILES string of the molecule is O=C1CCC(c2ccccc2)O1.OC1CCC(c2ccccc2)O1. The highest BCUT2D eigenvalue weighted by Crippen LogP contribution is 2.31. The molecule has 2 aliphatic rings.